The smallest absolute Gasteiger partial charge is 0.183 e. The maximum atomic E-state index is 5.87. The molecule has 0 aliphatic heterocycles. The van der Waals surface area contributed by atoms with E-state index in [0.29, 0.717) is 0 Å². The SMILES string of the molecule is C[Si](C)(C)OCCCCCCCCCCCO[Si](C)(C)C. The van der Waals surface area contributed by atoms with Gasteiger partial charge in [0.05, 0.1) is 0 Å². The number of hydrogen-bond donors (Lipinski definition) is 0. The summed E-state index contributed by atoms with van der Waals surface area (Å²) in [7, 11) is -2.55. The molecule has 0 rings (SSSR count). The van der Waals surface area contributed by atoms with E-state index >= 15 is 0 Å². The highest BCUT2D eigenvalue weighted by molar-refractivity contribution is 6.70. The van der Waals surface area contributed by atoms with Crippen LogP contribution in [-0.4, -0.2) is 29.8 Å². The Labute approximate surface area is 136 Å². The quantitative estimate of drug-likeness (QED) is 0.278. The first kappa shape index (κ1) is 21.4. The molecule has 0 radical (unpaired) electrons. The van der Waals surface area contributed by atoms with Crippen molar-refractivity contribution in [1.82, 2.24) is 0 Å². The van der Waals surface area contributed by atoms with Crippen LogP contribution in [0.3, 0.4) is 0 Å². The van der Waals surface area contributed by atoms with E-state index in [1.54, 1.807) is 0 Å². The van der Waals surface area contributed by atoms with Gasteiger partial charge in [0.15, 0.2) is 16.6 Å². The first-order chi connectivity index (χ1) is 9.71. The number of unbranched alkanes of at least 4 members (excludes halogenated alkanes) is 8. The van der Waals surface area contributed by atoms with Gasteiger partial charge >= 0.3 is 0 Å². The summed E-state index contributed by atoms with van der Waals surface area (Å²) in [5, 5.41) is 0. The molecule has 0 atom stereocenters. The van der Waals surface area contributed by atoms with Crippen molar-refractivity contribution in [1.29, 1.82) is 0 Å². The second-order valence-electron chi connectivity index (χ2n) is 8.10. The van der Waals surface area contributed by atoms with Crippen LogP contribution in [0.25, 0.3) is 0 Å². The monoisotopic (exact) mass is 332 g/mol. The van der Waals surface area contributed by atoms with Crippen LogP contribution in [0, 0.1) is 0 Å². The van der Waals surface area contributed by atoms with E-state index in [2.05, 4.69) is 39.3 Å². The van der Waals surface area contributed by atoms with E-state index in [4.69, 9.17) is 8.85 Å². The minimum Gasteiger partial charge on any atom is -0.418 e. The summed E-state index contributed by atoms with van der Waals surface area (Å²) in [6.45, 7) is 15.6. The van der Waals surface area contributed by atoms with Gasteiger partial charge in [-0.1, -0.05) is 44.9 Å². The zero-order chi connectivity index (χ0) is 16.2. The lowest BCUT2D eigenvalue weighted by atomic mass is 10.1. The van der Waals surface area contributed by atoms with Crippen LogP contribution in [0.4, 0.5) is 0 Å². The normalized spacial score (nSPS) is 12.9. The first-order valence-electron chi connectivity index (χ1n) is 8.99. The summed E-state index contributed by atoms with van der Waals surface area (Å²) in [6, 6.07) is 0. The molecule has 0 amide bonds. The zero-order valence-corrected chi connectivity index (χ0v) is 17.6. The van der Waals surface area contributed by atoms with E-state index < -0.39 is 16.6 Å². The molecule has 0 saturated heterocycles. The standard InChI is InChI=1S/C17H40O2Si2/c1-20(2,3)18-16-14-12-10-8-7-9-11-13-15-17-19-21(4,5)6/h7-17H2,1-6H3. The Morgan fingerprint density at radius 2 is 0.667 bits per heavy atom. The van der Waals surface area contributed by atoms with Gasteiger partial charge in [-0.3, -0.25) is 0 Å². The van der Waals surface area contributed by atoms with Gasteiger partial charge < -0.3 is 8.85 Å². The van der Waals surface area contributed by atoms with Crippen molar-refractivity contribution < 1.29 is 8.85 Å². The largest absolute Gasteiger partial charge is 0.418 e. The summed E-state index contributed by atoms with van der Waals surface area (Å²) in [6.07, 6.45) is 12.2. The van der Waals surface area contributed by atoms with E-state index in [0.717, 1.165) is 13.2 Å². The zero-order valence-electron chi connectivity index (χ0n) is 15.6. The molecule has 0 aromatic rings. The minimum absolute atomic E-state index is 0.979. The summed E-state index contributed by atoms with van der Waals surface area (Å²) in [5.41, 5.74) is 0. The molecule has 0 N–H and O–H groups in total. The molecule has 128 valence electrons. The highest BCUT2D eigenvalue weighted by Gasteiger charge is 2.13. The fourth-order valence-electron chi connectivity index (χ4n) is 2.20. The second kappa shape index (κ2) is 11.9. The Balaban J connectivity index is 3.10. The van der Waals surface area contributed by atoms with Gasteiger partial charge in [0.2, 0.25) is 0 Å². The molecule has 2 nitrogen and oxygen atoms in total. The van der Waals surface area contributed by atoms with E-state index in [-0.39, 0.29) is 0 Å². The molecule has 0 aliphatic carbocycles. The van der Waals surface area contributed by atoms with Crippen molar-refractivity contribution in [2.75, 3.05) is 13.2 Å². The van der Waals surface area contributed by atoms with Crippen LogP contribution in [0.2, 0.25) is 39.3 Å². The third-order valence-electron chi connectivity index (χ3n) is 3.36. The maximum absolute atomic E-state index is 5.87. The highest BCUT2D eigenvalue weighted by atomic mass is 28.4. The molecule has 0 bridgehead atoms. The van der Waals surface area contributed by atoms with Gasteiger partial charge in [-0.15, -0.1) is 0 Å². The molecule has 0 heterocycles. The molecule has 0 unspecified atom stereocenters. The highest BCUT2D eigenvalue weighted by Crippen LogP contribution is 2.11. The molecule has 0 aromatic carbocycles. The summed E-state index contributed by atoms with van der Waals surface area (Å²) in [4.78, 5) is 0. The average Bonchev–Trinajstić information content (AvgIpc) is 2.32. The van der Waals surface area contributed by atoms with Gasteiger partial charge in [-0.05, 0) is 52.1 Å². The summed E-state index contributed by atoms with van der Waals surface area (Å²) < 4.78 is 11.7. The van der Waals surface area contributed by atoms with Crippen molar-refractivity contribution in [2.24, 2.45) is 0 Å². The number of rotatable bonds is 14. The summed E-state index contributed by atoms with van der Waals surface area (Å²) in [5.74, 6) is 0. The topological polar surface area (TPSA) is 18.5 Å². The second-order valence-corrected chi connectivity index (χ2v) is 17.1. The molecule has 0 saturated carbocycles. The Morgan fingerprint density at radius 3 is 0.905 bits per heavy atom. The lowest BCUT2D eigenvalue weighted by molar-refractivity contribution is 0.296. The lowest BCUT2D eigenvalue weighted by Gasteiger charge is -2.16. The van der Waals surface area contributed by atoms with E-state index in [1.807, 2.05) is 0 Å². The molecular formula is C17H40O2Si2. The fourth-order valence-corrected chi connectivity index (χ4v) is 3.71. The van der Waals surface area contributed by atoms with Gasteiger partial charge in [-0.25, -0.2) is 0 Å². The van der Waals surface area contributed by atoms with Crippen LogP contribution in [0.5, 0.6) is 0 Å². The van der Waals surface area contributed by atoms with Crippen LogP contribution in [0.15, 0.2) is 0 Å². The molecular weight excluding hydrogens is 292 g/mol. The van der Waals surface area contributed by atoms with Crippen molar-refractivity contribution >= 4 is 16.6 Å². The molecule has 4 heteroatoms. The van der Waals surface area contributed by atoms with Crippen LogP contribution in [-0.2, 0) is 8.85 Å². The third-order valence-corrected chi connectivity index (χ3v) is 5.50. The first-order valence-corrected chi connectivity index (χ1v) is 15.8. The van der Waals surface area contributed by atoms with Gasteiger partial charge in [0.25, 0.3) is 0 Å². The van der Waals surface area contributed by atoms with Crippen molar-refractivity contribution in [3.63, 3.8) is 0 Å². The maximum Gasteiger partial charge on any atom is 0.183 e. The number of hydrogen-bond acceptors (Lipinski definition) is 2. The van der Waals surface area contributed by atoms with Crippen molar-refractivity contribution in [3.8, 4) is 0 Å². The van der Waals surface area contributed by atoms with Crippen LogP contribution in [0.1, 0.15) is 57.8 Å². The predicted molar refractivity (Wildman–Crippen MR) is 100 cm³/mol. The average molecular weight is 333 g/mol. The lowest BCUT2D eigenvalue weighted by Crippen LogP contribution is -2.25. The van der Waals surface area contributed by atoms with Crippen LogP contribution >= 0.6 is 0 Å². The van der Waals surface area contributed by atoms with E-state index in [9.17, 15) is 0 Å². The Hall–Kier alpha value is 0.354. The molecule has 0 spiro atoms. The third kappa shape index (κ3) is 20.4. The Kier molecular flexibility index (Phi) is 12.1. The van der Waals surface area contributed by atoms with Gasteiger partial charge in [0, 0.05) is 13.2 Å². The summed E-state index contributed by atoms with van der Waals surface area (Å²) >= 11 is 0. The van der Waals surface area contributed by atoms with E-state index in [1.165, 1.54) is 57.8 Å². The fraction of sp³-hybridized carbons (Fsp3) is 1.00. The Bertz CT molecular complexity index is 208. The van der Waals surface area contributed by atoms with Crippen molar-refractivity contribution in [2.45, 2.75) is 97.1 Å². The molecule has 0 aliphatic rings. The minimum atomic E-state index is -1.27. The molecule has 0 fully saturated rings. The van der Waals surface area contributed by atoms with Gasteiger partial charge in [-0.2, -0.15) is 0 Å². The van der Waals surface area contributed by atoms with Crippen molar-refractivity contribution in [3.05, 3.63) is 0 Å². The predicted octanol–water partition coefficient (Wildman–Crippen LogP) is 6.20. The van der Waals surface area contributed by atoms with Crippen LogP contribution < -0.4 is 0 Å². The molecule has 21 heavy (non-hydrogen) atoms. The molecule has 0 aromatic heterocycles. The van der Waals surface area contributed by atoms with Gasteiger partial charge in [0.1, 0.15) is 0 Å². The Morgan fingerprint density at radius 1 is 0.429 bits per heavy atom.